The Morgan fingerprint density at radius 2 is 2.42 bits per heavy atom. The number of carboxylic acid groups (broad SMARTS) is 1. The van der Waals surface area contributed by atoms with Crippen molar-refractivity contribution in [3.63, 3.8) is 0 Å². The molecule has 0 amide bonds. The zero-order chi connectivity index (χ0) is 13.8. The first kappa shape index (κ1) is 13.8. The Morgan fingerprint density at radius 3 is 3.05 bits per heavy atom. The molecular formula is C14H21N3O2. The standard InChI is InChI=1S/C14H21N3O2/c1-10(2)17-6-4-11(9-17)7-16-13-8-15-5-3-12(13)14(18)19/h3,5,8,10-11,16H,4,6-7,9H2,1-2H3,(H,18,19). The van der Waals surface area contributed by atoms with Crippen LogP contribution in [-0.4, -0.2) is 46.6 Å². The minimum absolute atomic E-state index is 0.286. The van der Waals surface area contributed by atoms with E-state index in [2.05, 4.69) is 29.0 Å². The number of carbonyl (C=O) groups is 1. The van der Waals surface area contributed by atoms with Crippen molar-refractivity contribution >= 4 is 11.7 Å². The highest BCUT2D eigenvalue weighted by Gasteiger charge is 2.24. The molecule has 1 aromatic rings. The van der Waals surface area contributed by atoms with E-state index in [4.69, 9.17) is 5.11 Å². The molecule has 2 rings (SSSR count). The van der Waals surface area contributed by atoms with Gasteiger partial charge in [-0.05, 0) is 38.8 Å². The number of hydrogen-bond donors (Lipinski definition) is 2. The maximum atomic E-state index is 11.1. The van der Waals surface area contributed by atoms with Gasteiger partial charge < -0.3 is 15.3 Å². The third-order valence-corrected chi connectivity index (χ3v) is 3.68. The highest BCUT2D eigenvalue weighted by Crippen LogP contribution is 2.20. The fourth-order valence-electron chi connectivity index (χ4n) is 2.47. The first-order valence-corrected chi connectivity index (χ1v) is 6.73. The summed E-state index contributed by atoms with van der Waals surface area (Å²) < 4.78 is 0. The van der Waals surface area contributed by atoms with Crippen LogP contribution in [0, 0.1) is 5.92 Å². The van der Waals surface area contributed by atoms with E-state index in [0.717, 1.165) is 26.1 Å². The lowest BCUT2D eigenvalue weighted by Gasteiger charge is -2.20. The minimum atomic E-state index is -0.917. The second kappa shape index (κ2) is 6.02. The normalized spacial score (nSPS) is 19.8. The van der Waals surface area contributed by atoms with E-state index >= 15 is 0 Å². The number of nitrogens with zero attached hydrogens (tertiary/aromatic N) is 2. The van der Waals surface area contributed by atoms with Gasteiger partial charge in [0, 0.05) is 25.3 Å². The monoisotopic (exact) mass is 263 g/mol. The molecule has 1 unspecified atom stereocenters. The number of rotatable bonds is 5. The van der Waals surface area contributed by atoms with E-state index in [1.54, 1.807) is 6.20 Å². The molecule has 5 heteroatoms. The Hall–Kier alpha value is -1.62. The Balaban J connectivity index is 1.91. The summed E-state index contributed by atoms with van der Waals surface area (Å²) in [6, 6.07) is 2.11. The fraction of sp³-hybridized carbons (Fsp3) is 0.571. The van der Waals surface area contributed by atoms with Crippen LogP contribution in [-0.2, 0) is 0 Å². The highest BCUT2D eigenvalue weighted by atomic mass is 16.4. The molecule has 0 bridgehead atoms. The lowest BCUT2D eigenvalue weighted by atomic mass is 10.1. The lowest BCUT2D eigenvalue weighted by Crippen LogP contribution is -2.29. The van der Waals surface area contributed by atoms with Gasteiger partial charge in [-0.2, -0.15) is 0 Å². The lowest BCUT2D eigenvalue weighted by molar-refractivity contribution is 0.0698. The van der Waals surface area contributed by atoms with Gasteiger partial charge in [0.05, 0.1) is 17.4 Å². The molecule has 104 valence electrons. The second-order valence-electron chi connectivity index (χ2n) is 5.35. The van der Waals surface area contributed by atoms with Crippen LogP contribution in [0.5, 0.6) is 0 Å². The summed E-state index contributed by atoms with van der Waals surface area (Å²) in [4.78, 5) is 17.5. The maximum absolute atomic E-state index is 11.1. The Bertz CT molecular complexity index is 448. The summed E-state index contributed by atoms with van der Waals surface area (Å²) in [7, 11) is 0. The molecule has 0 aliphatic carbocycles. The zero-order valence-electron chi connectivity index (χ0n) is 11.5. The van der Waals surface area contributed by atoms with E-state index in [1.165, 1.54) is 12.3 Å². The first-order chi connectivity index (χ1) is 9.08. The Morgan fingerprint density at radius 1 is 1.63 bits per heavy atom. The van der Waals surface area contributed by atoms with Gasteiger partial charge in [0.15, 0.2) is 0 Å². The molecule has 1 fully saturated rings. The van der Waals surface area contributed by atoms with E-state index in [9.17, 15) is 4.79 Å². The summed E-state index contributed by atoms with van der Waals surface area (Å²) in [5.74, 6) is -0.343. The van der Waals surface area contributed by atoms with Gasteiger partial charge in [0.2, 0.25) is 0 Å². The molecule has 0 saturated carbocycles. The van der Waals surface area contributed by atoms with Crippen molar-refractivity contribution in [3.05, 3.63) is 24.0 Å². The van der Waals surface area contributed by atoms with Gasteiger partial charge in [-0.15, -0.1) is 0 Å². The molecule has 0 radical (unpaired) electrons. The molecule has 1 aliphatic rings. The fourth-order valence-corrected chi connectivity index (χ4v) is 2.47. The zero-order valence-corrected chi connectivity index (χ0v) is 11.5. The van der Waals surface area contributed by atoms with Crippen molar-refractivity contribution in [2.24, 2.45) is 5.92 Å². The van der Waals surface area contributed by atoms with Gasteiger partial charge in [-0.3, -0.25) is 4.98 Å². The molecule has 2 heterocycles. The van der Waals surface area contributed by atoms with E-state index in [0.29, 0.717) is 17.6 Å². The third-order valence-electron chi connectivity index (χ3n) is 3.68. The number of pyridine rings is 1. The average molecular weight is 263 g/mol. The Labute approximate surface area is 113 Å². The highest BCUT2D eigenvalue weighted by molar-refractivity contribution is 5.93. The number of nitrogens with one attached hydrogen (secondary N) is 1. The van der Waals surface area contributed by atoms with E-state index in [-0.39, 0.29) is 5.56 Å². The number of hydrogen-bond acceptors (Lipinski definition) is 4. The molecule has 0 aromatic carbocycles. The topological polar surface area (TPSA) is 65.5 Å². The van der Waals surface area contributed by atoms with Crippen LogP contribution < -0.4 is 5.32 Å². The summed E-state index contributed by atoms with van der Waals surface area (Å²) in [5.41, 5.74) is 0.895. The van der Waals surface area contributed by atoms with E-state index in [1.807, 2.05) is 0 Å². The molecule has 1 aliphatic heterocycles. The van der Waals surface area contributed by atoms with Crippen molar-refractivity contribution in [1.29, 1.82) is 0 Å². The van der Waals surface area contributed by atoms with Crippen LogP contribution in [0.3, 0.4) is 0 Å². The van der Waals surface area contributed by atoms with Crippen LogP contribution in [0.2, 0.25) is 0 Å². The molecule has 19 heavy (non-hydrogen) atoms. The van der Waals surface area contributed by atoms with Gasteiger partial charge in [0.25, 0.3) is 0 Å². The summed E-state index contributed by atoms with van der Waals surface area (Å²) >= 11 is 0. The van der Waals surface area contributed by atoms with Crippen molar-refractivity contribution in [1.82, 2.24) is 9.88 Å². The van der Waals surface area contributed by atoms with Crippen LogP contribution in [0.1, 0.15) is 30.6 Å². The summed E-state index contributed by atoms with van der Waals surface area (Å²) in [6.45, 7) is 7.42. The van der Waals surface area contributed by atoms with Gasteiger partial charge in [-0.25, -0.2) is 4.79 Å². The van der Waals surface area contributed by atoms with Gasteiger partial charge in [0.1, 0.15) is 0 Å². The van der Waals surface area contributed by atoms with Crippen LogP contribution >= 0.6 is 0 Å². The molecule has 0 spiro atoms. The second-order valence-corrected chi connectivity index (χ2v) is 5.35. The van der Waals surface area contributed by atoms with Gasteiger partial charge in [-0.1, -0.05) is 0 Å². The van der Waals surface area contributed by atoms with Gasteiger partial charge >= 0.3 is 5.97 Å². The van der Waals surface area contributed by atoms with Crippen molar-refractivity contribution in [2.75, 3.05) is 25.0 Å². The number of aromatic carboxylic acids is 1. The van der Waals surface area contributed by atoms with Crippen molar-refractivity contribution in [2.45, 2.75) is 26.3 Å². The number of aromatic nitrogens is 1. The molecule has 1 aromatic heterocycles. The van der Waals surface area contributed by atoms with Crippen LogP contribution in [0.4, 0.5) is 5.69 Å². The summed E-state index contributed by atoms with van der Waals surface area (Å²) in [5, 5.41) is 12.3. The smallest absolute Gasteiger partial charge is 0.337 e. The average Bonchev–Trinajstić information content (AvgIpc) is 2.85. The predicted octanol–water partition coefficient (Wildman–Crippen LogP) is 1.92. The minimum Gasteiger partial charge on any atom is -0.478 e. The predicted molar refractivity (Wildman–Crippen MR) is 74.5 cm³/mol. The summed E-state index contributed by atoms with van der Waals surface area (Å²) in [6.07, 6.45) is 4.25. The van der Waals surface area contributed by atoms with Crippen LogP contribution in [0.25, 0.3) is 0 Å². The largest absolute Gasteiger partial charge is 0.478 e. The number of likely N-dealkylation sites (tertiary alicyclic amines) is 1. The Kier molecular flexibility index (Phi) is 4.37. The maximum Gasteiger partial charge on any atom is 0.337 e. The molecule has 1 saturated heterocycles. The number of carboxylic acids is 1. The van der Waals surface area contributed by atoms with E-state index < -0.39 is 5.97 Å². The SMILES string of the molecule is CC(C)N1CCC(CNc2cnccc2C(=O)O)C1. The first-order valence-electron chi connectivity index (χ1n) is 6.73. The van der Waals surface area contributed by atoms with Crippen LogP contribution in [0.15, 0.2) is 18.5 Å². The third kappa shape index (κ3) is 3.44. The molecule has 5 nitrogen and oxygen atoms in total. The quantitative estimate of drug-likeness (QED) is 0.849. The number of anilines is 1. The molecule has 1 atom stereocenters. The van der Waals surface area contributed by atoms with Crippen molar-refractivity contribution in [3.8, 4) is 0 Å². The molecule has 2 N–H and O–H groups in total. The van der Waals surface area contributed by atoms with Crippen molar-refractivity contribution < 1.29 is 9.90 Å². The molecular weight excluding hydrogens is 242 g/mol.